The van der Waals surface area contributed by atoms with Crippen molar-refractivity contribution in [1.29, 1.82) is 0 Å². The largest absolute Gasteiger partial charge is 0.396 e. The molecule has 1 aromatic carbocycles. The number of carbonyl (C=O) groups is 1. The van der Waals surface area contributed by atoms with Crippen molar-refractivity contribution in [1.82, 2.24) is 5.32 Å². The third-order valence-corrected chi connectivity index (χ3v) is 2.14. The normalized spacial score (nSPS) is 10.1. The van der Waals surface area contributed by atoms with Gasteiger partial charge in [-0.1, -0.05) is 17.7 Å². The maximum absolute atomic E-state index is 11.4. The lowest BCUT2D eigenvalue weighted by Crippen LogP contribution is -2.29. The van der Waals surface area contributed by atoms with Crippen LogP contribution in [-0.2, 0) is 4.79 Å². The number of benzene rings is 1. The molecule has 3 N–H and O–H groups in total. The van der Waals surface area contributed by atoms with E-state index in [0.717, 1.165) is 0 Å². The van der Waals surface area contributed by atoms with Crippen molar-refractivity contribution in [2.45, 2.75) is 6.42 Å². The lowest BCUT2D eigenvalue weighted by Gasteiger charge is -2.06. The van der Waals surface area contributed by atoms with Gasteiger partial charge in [0.05, 0.1) is 6.54 Å². The molecule has 0 spiro atoms. The van der Waals surface area contributed by atoms with E-state index >= 15 is 0 Å². The quantitative estimate of drug-likeness (QED) is 0.658. The van der Waals surface area contributed by atoms with E-state index in [1.165, 1.54) is 0 Å². The SMILES string of the molecule is O=C(CNCCCO)Nc1cccc(Cl)c1. The second-order valence-electron chi connectivity index (χ2n) is 3.31. The number of hydrogen-bond acceptors (Lipinski definition) is 3. The Bertz CT molecular complexity index is 345. The first-order valence-electron chi connectivity index (χ1n) is 5.09. The Balaban J connectivity index is 2.29. The second-order valence-corrected chi connectivity index (χ2v) is 3.75. The highest BCUT2D eigenvalue weighted by Gasteiger charge is 2.01. The van der Waals surface area contributed by atoms with Crippen LogP contribution < -0.4 is 10.6 Å². The fourth-order valence-electron chi connectivity index (χ4n) is 1.18. The number of aliphatic hydroxyl groups is 1. The molecule has 1 amide bonds. The Hall–Kier alpha value is -1.10. The summed E-state index contributed by atoms with van der Waals surface area (Å²) in [5.74, 6) is -0.125. The van der Waals surface area contributed by atoms with Crippen LogP contribution in [0, 0.1) is 0 Å². The number of carbonyl (C=O) groups excluding carboxylic acids is 1. The molecule has 1 rings (SSSR count). The van der Waals surface area contributed by atoms with E-state index in [2.05, 4.69) is 10.6 Å². The van der Waals surface area contributed by atoms with E-state index in [-0.39, 0.29) is 19.1 Å². The van der Waals surface area contributed by atoms with Crippen LogP contribution in [0.5, 0.6) is 0 Å². The first kappa shape index (κ1) is 13.0. The summed E-state index contributed by atoms with van der Waals surface area (Å²) in [5, 5.41) is 14.8. The van der Waals surface area contributed by atoms with Crippen LogP contribution in [0.15, 0.2) is 24.3 Å². The van der Waals surface area contributed by atoms with Crippen LogP contribution in [0.4, 0.5) is 5.69 Å². The first-order chi connectivity index (χ1) is 7.72. The van der Waals surface area contributed by atoms with Crippen LogP contribution in [-0.4, -0.2) is 30.7 Å². The minimum absolute atomic E-state index is 0.125. The van der Waals surface area contributed by atoms with Crippen LogP contribution in [0.2, 0.25) is 5.02 Å². The molecule has 0 aromatic heterocycles. The Morgan fingerprint density at radius 3 is 2.94 bits per heavy atom. The molecule has 0 heterocycles. The summed E-state index contributed by atoms with van der Waals surface area (Å²) in [4.78, 5) is 11.4. The monoisotopic (exact) mass is 242 g/mol. The van der Waals surface area contributed by atoms with E-state index in [1.807, 2.05) is 0 Å². The van der Waals surface area contributed by atoms with Gasteiger partial charge in [0.2, 0.25) is 5.91 Å². The predicted octanol–water partition coefficient (Wildman–Crippen LogP) is 1.25. The number of anilines is 1. The smallest absolute Gasteiger partial charge is 0.238 e. The molecular formula is C11H15ClN2O2. The van der Waals surface area contributed by atoms with Gasteiger partial charge in [-0.15, -0.1) is 0 Å². The van der Waals surface area contributed by atoms with Crippen molar-refractivity contribution in [3.05, 3.63) is 29.3 Å². The van der Waals surface area contributed by atoms with Crippen molar-refractivity contribution >= 4 is 23.2 Å². The fourth-order valence-corrected chi connectivity index (χ4v) is 1.37. The first-order valence-corrected chi connectivity index (χ1v) is 5.47. The van der Waals surface area contributed by atoms with Gasteiger partial charge in [-0.3, -0.25) is 4.79 Å². The third-order valence-electron chi connectivity index (χ3n) is 1.91. The summed E-state index contributed by atoms with van der Waals surface area (Å²) >= 11 is 5.78. The van der Waals surface area contributed by atoms with E-state index in [1.54, 1.807) is 24.3 Å². The molecule has 16 heavy (non-hydrogen) atoms. The van der Waals surface area contributed by atoms with Crippen LogP contribution in [0.1, 0.15) is 6.42 Å². The third kappa shape index (κ3) is 5.11. The lowest BCUT2D eigenvalue weighted by molar-refractivity contribution is -0.115. The lowest BCUT2D eigenvalue weighted by atomic mass is 10.3. The molecule has 88 valence electrons. The minimum Gasteiger partial charge on any atom is -0.396 e. The van der Waals surface area contributed by atoms with E-state index in [4.69, 9.17) is 16.7 Å². The predicted molar refractivity (Wildman–Crippen MR) is 64.7 cm³/mol. The molecule has 0 aliphatic carbocycles. The van der Waals surface area contributed by atoms with E-state index in [9.17, 15) is 4.79 Å². The fraction of sp³-hybridized carbons (Fsp3) is 0.364. The molecule has 0 fully saturated rings. The summed E-state index contributed by atoms with van der Waals surface area (Å²) in [6.45, 7) is 0.981. The van der Waals surface area contributed by atoms with Crippen molar-refractivity contribution in [2.24, 2.45) is 0 Å². The molecule has 4 nitrogen and oxygen atoms in total. The number of hydrogen-bond donors (Lipinski definition) is 3. The molecule has 0 saturated heterocycles. The zero-order chi connectivity index (χ0) is 11.8. The molecule has 0 unspecified atom stereocenters. The van der Waals surface area contributed by atoms with Crippen molar-refractivity contribution < 1.29 is 9.90 Å². The van der Waals surface area contributed by atoms with Crippen molar-refractivity contribution in [3.63, 3.8) is 0 Å². The summed E-state index contributed by atoms with van der Waals surface area (Å²) in [7, 11) is 0. The minimum atomic E-state index is -0.125. The topological polar surface area (TPSA) is 61.4 Å². The maximum Gasteiger partial charge on any atom is 0.238 e. The van der Waals surface area contributed by atoms with Gasteiger partial charge in [0.25, 0.3) is 0 Å². The summed E-state index contributed by atoms with van der Waals surface area (Å²) in [6, 6.07) is 6.98. The second kappa shape index (κ2) is 7.22. The molecule has 0 atom stereocenters. The molecular weight excluding hydrogens is 228 g/mol. The van der Waals surface area contributed by atoms with Gasteiger partial charge in [0.1, 0.15) is 0 Å². The summed E-state index contributed by atoms with van der Waals surface area (Å²) in [5.41, 5.74) is 0.682. The van der Waals surface area contributed by atoms with Gasteiger partial charge in [-0.2, -0.15) is 0 Å². The highest BCUT2D eigenvalue weighted by Crippen LogP contribution is 2.14. The van der Waals surface area contributed by atoms with Crippen molar-refractivity contribution in [2.75, 3.05) is 25.0 Å². The molecule has 0 saturated carbocycles. The summed E-state index contributed by atoms with van der Waals surface area (Å²) in [6.07, 6.45) is 0.643. The molecule has 1 aromatic rings. The average Bonchev–Trinajstić information content (AvgIpc) is 2.24. The molecule has 5 heteroatoms. The maximum atomic E-state index is 11.4. The number of nitrogens with one attached hydrogen (secondary N) is 2. The highest BCUT2D eigenvalue weighted by atomic mass is 35.5. The number of halogens is 1. The zero-order valence-corrected chi connectivity index (χ0v) is 9.63. The van der Waals surface area contributed by atoms with Crippen LogP contribution >= 0.6 is 11.6 Å². The van der Waals surface area contributed by atoms with E-state index < -0.39 is 0 Å². The van der Waals surface area contributed by atoms with Gasteiger partial charge < -0.3 is 15.7 Å². The average molecular weight is 243 g/mol. The zero-order valence-electron chi connectivity index (χ0n) is 8.87. The molecule has 0 bridgehead atoms. The number of rotatable bonds is 6. The van der Waals surface area contributed by atoms with Gasteiger partial charge in [0, 0.05) is 17.3 Å². The number of aliphatic hydroxyl groups excluding tert-OH is 1. The Kier molecular flexibility index (Phi) is 5.85. The van der Waals surface area contributed by atoms with Crippen molar-refractivity contribution in [3.8, 4) is 0 Å². The standard InChI is InChI=1S/C11H15ClN2O2/c12-9-3-1-4-10(7-9)14-11(16)8-13-5-2-6-15/h1,3-4,7,13,15H,2,5-6,8H2,(H,14,16). The Morgan fingerprint density at radius 2 is 2.25 bits per heavy atom. The van der Waals surface area contributed by atoms with Crippen LogP contribution in [0.3, 0.4) is 0 Å². The van der Waals surface area contributed by atoms with Crippen LogP contribution in [0.25, 0.3) is 0 Å². The molecule has 0 aliphatic heterocycles. The molecule has 0 radical (unpaired) electrons. The van der Waals surface area contributed by atoms with Gasteiger partial charge in [-0.05, 0) is 31.2 Å². The highest BCUT2D eigenvalue weighted by molar-refractivity contribution is 6.30. The Morgan fingerprint density at radius 1 is 1.44 bits per heavy atom. The summed E-state index contributed by atoms with van der Waals surface area (Å²) < 4.78 is 0. The van der Waals surface area contributed by atoms with Gasteiger partial charge in [-0.25, -0.2) is 0 Å². The van der Waals surface area contributed by atoms with E-state index in [0.29, 0.717) is 23.7 Å². The van der Waals surface area contributed by atoms with Gasteiger partial charge in [0.15, 0.2) is 0 Å². The molecule has 0 aliphatic rings. The Labute approximate surface area is 99.6 Å². The number of amides is 1. The van der Waals surface area contributed by atoms with Gasteiger partial charge >= 0.3 is 0 Å².